The Labute approximate surface area is 186 Å². The normalized spacial score (nSPS) is 18.9. The third kappa shape index (κ3) is 4.83. The molecule has 1 aliphatic rings. The van der Waals surface area contributed by atoms with E-state index >= 15 is 0 Å². The van der Waals surface area contributed by atoms with Crippen molar-refractivity contribution in [1.29, 1.82) is 0 Å². The molecule has 0 saturated carbocycles. The van der Waals surface area contributed by atoms with Crippen molar-refractivity contribution in [3.8, 4) is 11.1 Å². The number of anilines is 1. The molecule has 170 valence electrons. The Morgan fingerprint density at radius 3 is 2.53 bits per heavy atom. The predicted molar refractivity (Wildman–Crippen MR) is 121 cm³/mol. The molecule has 1 aliphatic heterocycles. The van der Waals surface area contributed by atoms with E-state index in [4.69, 9.17) is 0 Å². The number of nitrogens with one attached hydrogen (secondary N) is 1. The van der Waals surface area contributed by atoms with Crippen LogP contribution in [0.15, 0.2) is 54.9 Å². The molecule has 4 rings (SSSR count). The minimum absolute atomic E-state index is 0.0131. The summed E-state index contributed by atoms with van der Waals surface area (Å²) < 4.78 is 56.8. The van der Waals surface area contributed by atoms with E-state index in [1.807, 2.05) is 36.0 Å². The standard InChI is InChI=1S/C23H26F2N4O2S/c1-3-32(30,31)27-21-7-9-29(23-26-8-10-28(23)2)22(21)12-16-5-4-6-17(11-16)18-13-19(24)15-20(25)14-18/h4-6,8,10-11,13-15,21-22,27H,3,7,9,12H2,1-2H3/t21-,22-/m0/s1. The van der Waals surface area contributed by atoms with Crippen LogP contribution in [-0.2, 0) is 23.5 Å². The van der Waals surface area contributed by atoms with Crippen LogP contribution in [0.2, 0.25) is 0 Å². The van der Waals surface area contributed by atoms with Gasteiger partial charge in [0.15, 0.2) is 0 Å². The van der Waals surface area contributed by atoms with E-state index in [-0.39, 0.29) is 17.8 Å². The van der Waals surface area contributed by atoms with Crippen LogP contribution in [0.3, 0.4) is 0 Å². The van der Waals surface area contributed by atoms with E-state index in [1.54, 1.807) is 19.2 Å². The molecule has 1 saturated heterocycles. The molecular weight excluding hydrogens is 434 g/mol. The highest BCUT2D eigenvalue weighted by Gasteiger charge is 2.37. The van der Waals surface area contributed by atoms with Crippen molar-refractivity contribution in [2.45, 2.75) is 31.8 Å². The second kappa shape index (κ2) is 8.99. The minimum Gasteiger partial charge on any atom is -0.337 e. The van der Waals surface area contributed by atoms with Gasteiger partial charge in [-0.25, -0.2) is 26.9 Å². The van der Waals surface area contributed by atoms with Gasteiger partial charge in [0.2, 0.25) is 16.0 Å². The summed E-state index contributed by atoms with van der Waals surface area (Å²) in [7, 11) is -1.47. The average Bonchev–Trinajstić information content (AvgIpc) is 3.33. The highest BCUT2D eigenvalue weighted by atomic mass is 32.2. The molecule has 1 fully saturated rings. The van der Waals surface area contributed by atoms with Crippen LogP contribution in [0.5, 0.6) is 0 Å². The molecule has 3 aromatic rings. The van der Waals surface area contributed by atoms with E-state index in [9.17, 15) is 17.2 Å². The molecule has 0 unspecified atom stereocenters. The molecule has 0 amide bonds. The number of nitrogens with zero attached hydrogens (tertiary/aromatic N) is 3. The Hall–Kier alpha value is -2.78. The number of halogens is 2. The summed E-state index contributed by atoms with van der Waals surface area (Å²) in [5.74, 6) is -0.469. The fourth-order valence-electron chi connectivity index (χ4n) is 4.28. The number of aromatic nitrogens is 2. The third-order valence-electron chi connectivity index (χ3n) is 5.88. The Kier molecular flexibility index (Phi) is 6.30. The van der Waals surface area contributed by atoms with Gasteiger partial charge in [-0.15, -0.1) is 0 Å². The number of benzene rings is 2. The molecule has 0 spiro atoms. The minimum atomic E-state index is -3.38. The fourth-order valence-corrected chi connectivity index (χ4v) is 5.18. The van der Waals surface area contributed by atoms with E-state index < -0.39 is 21.7 Å². The summed E-state index contributed by atoms with van der Waals surface area (Å²) >= 11 is 0. The zero-order valence-corrected chi connectivity index (χ0v) is 18.8. The second-order valence-corrected chi connectivity index (χ2v) is 10.1. The molecule has 1 aromatic heterocycles. The van der Waals surface area contributed by atoms with Gasteiger partial charge in [0.25, 0.3) is 0 Å². The lowest BCUT2D eigenvalue weighted by molar-refractivity contribution is 0.509. The SMILES string of the molecule is CCS(=O)(=O)N[C@H]1CCN(c2nccn2C)[C@H]1Cc1cccc(-c2cc(F)cc(F)c2)c1. The van der Waals surface area contributed by atoms with Crippen LogP contribution in [0.1, 0.15) is 18.9 Å². The van der Waals surface area contributed by atoms with Gasteiger partial charge in [0.1, 0.15) is 11.6 Å². The van der Waals surface area contributed by atoms with Crippen molar-refractivity contribution < 1.29 is 17.2 Å². The first-order valence-corrected chi connectivity index (χ1v) is 12.2. The zero-order valence-electron chi connectivity index (χ0n) is 18.0. The second-order valence-electron chi connectivity index (χ2n) is 8.08. The summed E-state index contributed by atoms with van der Waals surface area (Å²) in [6.07, 6.45) is 4.78. The molecule has 0 aliphatic carbocycles. The van der Waals surface area contributed by atoms with Crippen molar-refractivity contribution in [2.75, 3.05) is 17.2 Å². The quantitative estimate of drug-likeness (QED) is 0.586. The van der Waals surface area contributed by atoms with Crippen molar-refractivity contribution in [1.82, 2.24) is 14.3 Å². The third-order valence-corrected chi connectivity index (χ3v) is 7.30. The number of aryl methyl sites for hydroxylation is 1. The monoisotopic (exact) mass is 460 g/mol. The average molecular weight is 461 g/mol. The lowest BCUT2D eigenvalue weighted by atomic mass is 9.97. The first kappa shape index (κ1) is 22.4. The Morgan fingerprint density at radius 1 is 1.12 bits per heavy atom. The molecular formula is C23H26F2N4O2S. The largest absolute Gasteiger partial charge is 0.337 e. The molecule has 6 nitrogen and oxygen atoms in total. The van der Waals surface area contributed by atoms with Crippen molar-refractivity contribution >= 4 is 16.0 Å². The number of imidazole rings is 1. The summed E-state index contributed by atoms with van der Waals surface area (Å²) in [4.78, 5) is 6.58. The van der Waals surface area contributed by atoms with Crippen LogP contribution in [-0.4, -0.2) is 42.4 Å². The maximum atomic E-state index is 13.7. The highest BCUT2D eigenvalue weighted by Crippen LogP contribution is 2.29. The molecule has 32 heavy (non-hydrogen) atoms. The molecule has 0 radical (unpaired) electrons. The van der Waals surface area contributed by atoms with E-state index in [2.05, 4.69) is 14.6 Å². The van der Waals surface area contributed by atoms with Gasteiger partial charge in [0.05, 0.1) is 11.8 Å². The molecule has 9 heteroatoms. The van der Waals surface area contributed by atoms with Crippen molar-refractivity contribution in [3.05, 3.63) is 72.1 Å². The predicted octanol–water partition coefficient (Wildman–Crippen LogP) is 3.49. The lowest BCUT2D eigenvalue weighted by Gasteiger charge is -2.29. The first-order valence-electron chi connectivity index (χ1n) is 10.5. The van der Waals surface area contributed by atoms with Gasteiger partial charge in [-0.1, -0.05) is 24.3 Å². The smallest absolute Gasteiger partial charge is 0.211 e. The van der Waals surface area contributed by atoms with Gasteiger partial charge in [0, 0.05) is 38.1 Å². The van der Waals surface area contributed by atoms with Gasteiger partial charge < -0.3 is 9.47 Å². The molecule has 0 bridgehead atoms. The van der Waals surface area contributed by atoms with Gasteiger partial charge in [-0.2, -0.15) is 0 Å². The van der Waals surface area contributed by atoms with Gasteiger partial charge >= 0.3 is 0 Å². The van der Waals surface area contributed by atoms with Crippen molar-refractivity contribution in [3.63, 3.8) is 0 Å². The molecule has 1 N–H and O–H groups in total. The zero-order chi connectivity index (χ0) is 22.9. The maximum absolute atomic E-state index is 13.7. The van der Waals surface area contributed by atoms with Gasteiger partial charge in [-0.3, -0.25) is 0 Å². The lowest BCUT2D eigenvalue weighted by Crippen LogP contribution is -2.47. The van der Waals surface area contributed by atoms with Gasteiger partial charge in [-0.05, 0) is 48.6 Å². The van der Waals surface area contributed by atoms with E-state index in [0.29, 0.717) is 30.5 Å². The molecule has 2 heterocycles. The number of hydrogen-bond donors (Lipinski definition) is 1. The van der Waals surface area contributed by atoms with Crippen LogP contribution in [0.25, 0.3) is 11.1 Å². The van der Waals surface area contributed by atoms with E-state index in [1.165, 1.54) is 12.1 Å². The van der Waals surface area contributed by atoms with Crippen LogP contribution >= 0.6 is 0 Å². The van der Waals surface area contributed by atoms with E-state index in [0.717, 1.165) is 17.6 Å². The Bertz CT molecular complexity index is 1190. The summed E-state index contributed by atoms with van der Waals surface area (Å²) in [5, 5.41) is 0. The number of hydrogen-bond acceptors (Lipinski definition) is 4. The fraction of sp³-hybridized carbons (Fsp3) is 0.348. The molecule has 2 aromatic carbocycles. The Morgan fingerprint density at radius 2 is 1.88 bits per heavy atom. The topological polar surface area (TPSA) is 67.2 Å². The van der Waals surface area contributed by atoms with Crippen LogP contribution in [0.4, 0.5) is 14.7 Å². The van der Waals surface area contributed by atoms with Crippen LogP contribution < -0.4 is 9.62 Å². The van der Waals surface area contributed by atoms with Crippen molar-refractivity contribution in [2.24, 2.45) is 7.05 Å². The molecule has 2 atom stereocenters. The summed E-state index contributed by atoms with van der Waals surface area (Å²) in [6, 6.07) is 10.5. The maximum Gasteiger partial charge on any atom is 0.211 e. The van der Waals surface area contributed by atoms with Crippen LogP contribution in [0, 0.1) is 11.6 Å². The highest BCUT2D eigenvalue weighted by molar-refractivity contribution is 7.89. The Balaban J connectivity index is 1.66. The number of sulfonamides is 1. The summed E-state index contributed by atoms with van der Waals surface area (Å²) in [5.41, 5.74) is 2.10. The first-order chi connectivity index (χ1) is 15.3. The number of rotatable bonds is 7. The summed E-state index contributed by atoms with van der Waals surface area (Å²) in [6.45, 7) is 2.28.